The molecule has 2 rings (SSSR count). The first-order chi connectivity index (χ1) is 10.8. The fourth-order valence-electron chi connectivity index (χ4n) is 1.99. The van der Waals surface area contributed by atoms with E-state index < -0.39 is 0 Å². The van der Waals surface area contributed by atoms with Crippen molar-refractivity contribution in [3.63, 3.8) is 0 Å². The van der Waals surface area contributed by atoms with Crippen LogP contribution in [0, 0.1) is 0 Å². The monoisotopic (exact) mass is 316 g/mol. The molecule has 0 aliphatic rings. The van der Waals surface area contributed by atoms with E-state index in [-0.39, 0.29) is 0 Å². The molecule has 0 unspecified atom stereocenters. The summed E-state index contributed by atoms with van der Waals surface area (Å²) in [5.41, 5.74) is 1.11. The van der Waals surface area contributed by atoms with Crippen molar-refractivity contribution >= 4 is 11.3 Å². The zero-order chi connectivity index (χ0) is 15.6. The average Bonchev–Trinajstić information content (AvgIpc) is 3.02. The molecule has 1 aromatic heterocycles. The summed E-state index contributed by atoms with van der Waals surface area (Å²) < 4.78 is 5.68. The fraction of sp³-hybridized carbons (Fsp3) is 0.444. The Kier molecular flexibility index (Phi) is 7.10. The minimum atomic E-state index is 0.624. The number of hydrogen-bond donors (Lipinski definition) is 0. The Morgan fingerprint density at radius 2 is 1.86 bits per heavy atom. The van der Waals surface area contributed by atoms with Crippen molar-refractivity contribution in [1.82, 2.24) is 10.2 Å². The van der Waals surface area contributed by atoms with Crippen LogP contribution in [0.4, 0.5) is 0 Å². The molecule has 0 aliphatic carbocycles. The molecule has 0 N–H and O–H groups in total. The summed E-state index contributed by atoms with van der Waals surface area (Å²) in [4.78, 5) is 0. The quantitative estimate of drug-likeness (QED) is 0.590. The third-order valence-electron chi connectivity index (χ3n) is 3.28. The first kappa shape index (κ1) is 16.7. The molecule has 0 fully saturated rings. The molecule has 0 spiro atoms. The van der Waals surface area contributed by atoms with E-state index in [9.17, 15) is 0 Å². The van der Waals surface area contributed by atoms with Gasteiger partial charge in [-0.1, -0.05) is 50.2 Å². The van der Waals surface area contributed by atoms with Gasteiger partial charge >= 0.3 is 0 Å². The zero-order valence-electron chi connectivity index (χ0n) is 13.4. The van der Waals surface area contributed by atoms with Crippen LogP contribution in [0.25, 0.3) is 10.6 Å². The van der Waals surface area contributed by atoms with E-state index in [4.69, 9.17) is 4.74 Å². The van der Waals surface area contributed by atoms with Crippen LogP contribution in [0.2, 0.25) is 0 Å². The Labute approximate surface area is 137 Å². The van der Waals surface area contributed by atoms with Gasteiger partial charge in [0.15, 0.2) is 0 Å². The van der Waals surface area contributed by atoms with Gasteiger partial charge in [0, 0.05) is 12.0 Å². The number of allylic oxidation sites excluding steroid dienone is 1. The second kappa shape index (κ2) is 9.36. The highest BCUT2D eigenvalue weighted by Gasteiger charge is 2.06. The van der Waals surface area contributed by atoms with Gasteiger partial charge in [-0.25, -0.2) is 0 Å². The number of aryl methyl sites for hydroxylation is 1. The lowest BCUT2D eigenvalue weighted by molar-refractivity contribution is 0.362. The number of rotatable bonds is 9. The molecule has 0 aliphatic heterocycles. The van der Waals surface area contributed by atoms with Crippen LogP contribution < -0.4 is 4.74 Å². The van der Waals surface area contributed by atoms with Gasteiger partial charge in [-0.15, -0.1) is 10.2 Å². The molecule has 0 amide bonds. The lowest BCUT2D eigenvalue weighted by Gasteiger charge is -2.03. The maximum Gasteiger partial charge on any atom is 0.147 e. The first-order valence-electron chi connectivity index (χ1n) is 8.04. The number of aromatic nitrogens is 2. The molecule has 0 radical (unpaired) electrons. The minimum absolute atomic E-state index is 0.624. The van der Waals surface area contributed by atoms with Crippen LogP contribution >= 0.6 is 11.3 Å². The summed E-state index contributed by atoms with van der Waals surface area (Å²) in [5, 5.41) is 10.7. The highest BCUT2D eigenvalue weighted by atomic mass is 32.1. The highest BCUT2D eigenvalue weighted by Crippen LogP contribution is 2.26. The van der Waals surface area contributed by atoms with Gasteiger partial charge in [-0.2, -0.15) is 0 Å². The Balaban J connectivity index is 1.89. The summed E-state index contributed by atoms with van der Waals surface area (Å²) in [6.07, 6.45) is 9.91. The predicted octanol–water partition coefficient (Wildman–Crippen LogP) is 5.28. The molecule has 0 saturated heterocycles. The second-order valence-electron chi connectivity index (χ2n) is 5.20. The van der Waals surface area contributed by atoms with E-state index in [1.807, 2.05) is 12.1 Å². The Morgan fingerprint density at radius 1 is 1.05 bits per heavy atom. The van der Waals surface area contributed by atoms with Gasteiger partial charge in [0.25, 0.3) is 0 Å². The lowest BCUT2D eigenvalue weighted by Crippen LogP contribution is -1.92. The van der Waals surface area contributed by atoms with E-state index in [0.717, 1.165) is 34.2 Å². The number of hydrogen-bond acceptors (Lipinski definition) is 4. The number of ether oxygens (including phenoxy) is 1. The van der Waals surface area contributed by atoms with Gasteiger partial charge in [0.1, 0.15) is 22.4 Å². The molecular weight excluding hydrogens is 292 g/mol. The zero-order valence-corrected chi connectivity index (χ0v) is 14.2. The van der Waals surface area contributed by atoms with Crippen LogP contribution in [-0.4, -0.2) is 16.8 Å². The summed E-state index contributed by atoms with van der Waals surface area (Å²) in [7, 11) is 0. The van der Waals surface area contributed by atoms with Crippen molar-refractivity contribution in [2.75, 3.05) is 6.61 Å². The smallest absolute Gasteiger partial charge is 0.147 e. The molecule has 2 aromatic rings. The molecule has 22 heavy (non-hydrogen) atoms. The van der Waals surface area contributed by atoms with E-state index >= 15 is 0 Å². The second-order valence-corrected chi connectivity index (χ2v) is 6.26. The number of benzene rings is 1. The first-order valence-corrected chi connectivity index (χ1v) is 8.85. The standard InChI is InChI=1S/C18H24N2OS/c1-3-5-7-8-14-21-16-12-10-15(11-13-16)18-20-19-17(22-18)9-6-4-2/h7-8,10-13H,3-6,9,14H2,1-2H3. The molecule has 118 valence electrons. The number of nitrogens with zero attached hydrogens (tertiary/aromatic N) is 2. The topological polar surface area (TPSA) is 35.0 Å². The third kappa shape index (κ3) is 5.26. The molecule has 1 heterocycles. The van der Waals surface area contributed by atoms with Crippen LogP contribution in [0.5, 0.6) is 5.75 Å². The molecule has 0 bridgehead atoms. The van der Waals surface area contributed by atoms with E-state index in [2.05, 4.69) is 48.3 Å². The van der Waals surface area contributed by atoms with Gasteiger partial charge in [-0.3, -0.25) is 0 Å². The Hall–Kier alpha value is -1.68. The van der Waals surface area contributed by atoms with Crippen molar-refractivity contribution in [2.45, 2.75) is 46.0 Å². The Morgan fingerprint density at radius 3 is 2.59 bits per heavy atom. The van der Waals surface area contributed by atoms with Crippen molar-refractivity contribution < 1.29 is 4.74 Å². The molecule has 3 nitrogen and oxygen atoms in total. The van der Waals surface area contributed by atoms with Crippen LogP contribution in [0.3, 0.4) is 0 Å². The molecule has 1 aromatic carbocycles. The Bertz CT molecular complexity index is 575. The number of unbranched alkanes of at least 4 members (excludes halogenated alkanes) is 2. The summed E-state index contributed by atoms with van der Waals surface area (Å²) >= 11 is 1.68. The average molecular weight is 316 g/mol. The van der Waals surface area contributed by atoms with Gasteiger partial charge in [0.2, 0.25) is 0 Å². The van der Waals surface area contributed by atoms with E-state index in [0.29, 0.717) is 6.61 Å². The molecule has 4 heteroatoms. The van der Waals surface area contributed by atoms with Crippen LogP contribution in [0.1, 0.15) is 44.5 Å². The SMILES string of the molecule is CCCC=CCOc1ccc(-c2nnc(CCCC)s2)cc1. The van der Waals surface area contributed by atoms with Gasteiger partial charge < -0.3 is 4.74 Å². The maximum atomic E-state index is 5.68. The van der Waals surface area contributed by atoms with E-state index in [1.165, 1.54) is 19.3 Å². The third-order valence-corrected chi connectivity index (χ3v) is 4.31. The molecular formula is C18H24N2OS. The normalized spacial score (nSPS) is 11.2. The largest absolute Gasteiger partial charge is 0.490 e. The molecule has 0 atom stereocenters. The van der Waals surface area contributed by atoms with Crippen molar-refractivity contribution in [3.8, 4) is 16.3 Å². The summed E-state index contributed by atoms with van der Waals surface area (Å²) in [5.74, 6) is 0.889. The summed E-state index contributed by atoms with van der Waals surface area (Å²) in [6.45, 7) is 4.99. The van der Waals surface area contributed by atoms with Crippen molar-refractivity contribution in [3.05, 3.63) is 41.4 Å². The van der Waals surface area contributed by atoms with Crippen molar-refractivity contribution in [1.29, 1.82) is 0 Å². The van der Waals surface area contributed by atoms with Crippen LogP contribution in [-0.2, 0) is 6.42 Å². The maximum absolute atomic E-state index is 5.68. The van der Waals surface area contributed by atoms with Crippen molar-refractivity contribution in [2.24, 2.45) is 0 Å². The predicted molar refractivity (Wildman–Crippen MR) is 93.5 cm³/mol. The fourth-order valence-corrected chi connectivity index (χ4v) is 2.88. The van der Waals surface area contributed by atoms with Crippen LogP contribution in [0.15, 0.2) is 36.4 Å². The highest BCUT2D eigenvalue weighted by molar-refractivity contribution is 7.14. The van der Waals surface area contributed by atoms with Gasteiger partial charge in [0.05, 0.1) is 0 Å². The molecule has 0 saturated carbocycles. The minimum Gasteiger partial charge on any atom is -0.490 e. The van der Waals surface area contributed by atoms with Gasteiger partial charge in [-0.05, 0) is 37.1 Å². The summed E-state index contributed by atoms with van der Waals surface area (Å²) in [6, 6.07) is 8.09. The lowest BCUT2D eigenvalue weighted by atomic mass is 10.2. The van der Waals surface area contributed by atoms with E-state index in [1.54, 1.807) is 11.3 Å².